The summed E-state index contributed by atoms with van der Waals surface area (Å²) in [6.07, 6.45) is 3.56. The van der Waals surface area contributed by atoms with Crippen LogP contribution in [0.25, 0.3) is 5.69 Å². The number of nitrogens with one attached hydrogen (secondary N) is 1. The fourth-order valence-corrected chi connectivity index (χ4v) is 6.26. The number of likely N-dealkylation sites (tertiary alicyclic amines) is 1. The normalized spacial score (nSPS) is 22.4. The van der Waals surface area contributed by atoms with E-state index < -0.39 is 20.5 Å². The van der Waals surface area contributed by atoms with Crippen LogP contribution in [0.15, 0.2) is 36.7 Å². The summed E-state index contributed by atoms with van der Waals surface area (Å²) in [6.45, 7) is 0.105. The van der Waals surface area contributed by atoms with Crippen molar-refractivity contribution < 1.29 is 18.0 Å². The summed E-state index contributed by atoms with van der Waals surface area (Å²) >= 11 is 0. The number of benzene rings is 1. The molecular weight excluding hydrogens is 370 g/mol. The van der Waals surface area contributed by atoms with Gasteiger partial charge in [0.15, 0.2) is 9.84 Å². The Morgan fingerprint density at radius 1 is 1.22 bits per heavy atom. The Kier molecular flexibility index (Phi) is 4.02. The molecule has 1 unspecified atom stereocenters. The minimum Gasteiger partial charge on any atom is -0.359 e. The lowest BCUT2D eigenvalue weighted by Crippen LogP contribution is -2.69. The summed E-state index contributed by atoms with van der Waals surface area (Å²) in [4.78, 5) is 26.3. The highest BCUT2D eigenvalue weighted by atomic mass is 32.2. The predicted molar refractivity (Wildman–Crippen MR) is 96.0 cm³/mol. The maximum Gasteiger partial charge on any atom is 0.253 e. The summed E-state index contributed by atoms with van der Waals surface area (Å²) in [5.41, 5.74) is 1.22. The van der Waals surface area contributed by atoms with Gasteiger partial charge in [0.2, 0.25) is 5.91 Å². The van der Waals surface area contributed by atoms with Gasteiger partial charge in [0.05, 0.1) is 29.8 Å². The largest absolute Gasteiger partial charge is 0.359 e. The molecule has 1 atom stereocenters. The number of sulfone groups is 1. The van der Waals surface area contributed by atoms with Gasteiger partial charge in [0.25, 0.3) is 5.91 Å². The van der Waals surface area contributed by atoms with Crippen molar-refractivity contribution in [2.75, 3.05) is 25.9 Å². The van der Waals surface area contributed by atoms with Gasteiger partial charge in [0.1, 0.15) is 4.75 Å². The number of carbonyl (C=O) groups is 2. The third-order valence-electron chi connectivity index (χ3n) is 5.50. The Bertz CT molecular complexity index is 979. The molecule has 3 heterocycles. The first kappa shape index (κ1) is 17.7. The Morgan fingerprint density at radius 2 is 1.93 bits per heavy atom. The molecule has 1 spiro atoms. The van der Waals surface area contributed by atoms with Gasteiger partial charge < -0.3 is 10.2 Å². The van der Waals surface area contributed by atoms with E-state index in [1.165, 1.54) is 11.9 Å². The smallest absolute Gasteiger partial charge is 0.253 e. The van der Waals surface area contributed by atoms with E-state index in [9.17, 15) is 18.0 Å². The molecule has 1 aromatic carbocycles. The van der Waals surface area contributed by atoms with Crippen molar-refractivity contribution in [3.05, 3.63) is 42.2 Å². The zero-order valence-electron chi connectivity index (χ0n) is 14.7. The summed E-state index contributed by atoms with van der Waals surface area (Å²) in [5.74, 6) is -1.14. The number of amides is 2. The third kappa shape index (κ3) is 2.62. The van der Waals surface area contributed by atoms with Crippen molar-refractivity contribution in [1.82, 2.24) is 25.2 Å². The minimum atomic E-state index is -3.41. The average Bonchev–Trinajstić information content (AvgIpc) is 3.25. The van der Waals surface area contributed by atoms with Gasteiger partial charge in [0, 0.05) is 25.7 Å². The molecule has 0 saturated carbocycles. The van der Waals surface area contributed by atoms with Crippen molar-refractivity contribution >= 4 is 21.7 Å². The van der Waals surface area contributed by atoms with E-state index in [2.05, 4.69) is 15.6 Å². The monoisotopic (exact) mass is 389 g/mol. The highest BCUT2D eigenvalue weighted by Gasteiger charge is 2.64. The first-order chi connectivity index (χ1) is 12.9. The molecule has 2 aliphatic heterocycles. The van der Waals surface area contributed by atoms with E-state index in [0.29, 0.717) is 12.0 Å². The number of carbonyl (C=O) groups excluding carboxylic acids is 2. The maximum atomic E-state index is 12.7. The Balaban J connectivity index is 1.51. The van der Waals surface area contributed by atoms with Crippen molar-refractivity contribution in [1.29, 1.82) is 0 Å². The number of rotatable bonds is 3. The van der Waals surface area contributed by atoms with Gasteiger partial charge in [-0.15, -0.1) is 5.10 Å². The molecule has 2 fully saturated rings. The van der Waals surface area contributed by atoms with E-state index in [-0.39, 0.29) is 30.7 Å². The SMILES string of the molecule is CNC(=O)C1CCS(=O)(=O)C12CN(C(=O)c1ccc(-n3ccnn3)cc1)C2. The Morgan fingerprint density at radius 3 is 2.52 bits per heavy atom. The van der Waals surface area contributed by atoms with Gasteiger partial charge in [-0.05, 0) is 30.7 Å². The van der Waals surface area contributed by atoms with Crippen LogP contribution in [-0.2, 0) is 14.6 Å². The maximum absolute atomic E-state index is 12.7. The van der Waals surface area contributed by atoms with E-state index in [4.69, 9.17) is 0 Å². The topological polar surface area (TPSA) is 114 Å². The van der Waals surface area contributed by atoms with Crippen LogP contribution >= 0.6 is 0 Å². The molecule has 0 radical (unpaired) electrons. The first-order valence-corrected chi connectivity index (χ1v) is 10.2. The number of aromatic nitrogens is 3. The van der Waals surface area contributed by atoms with Crippen LogP contribution in [0, 0.1) is 5.92 Å². The van der Waals surface area contributed by atoms with Gasteiger partial charge in [-0.3, -0.25) is 9.59 Å². The summed E-state index contributed by atoms with van der Waals surface area (Å²) < 4.78 is 25.5. The quantitative estimate of drug-likeness (QED) is 0.767. The fourth-order valence-electron chi connectivity index (χ4n) is 3.95. The molecule has 2 saturated heterocycles. The standard InChI is InChI=1S/C17H19N5O4S/c1-18-15(23)14-6-9-27(25,26)17(14)10-21(11-17)16(24)12-2-4-13(5-3-12)22-8-7-19-20-22/h2-5,7-8,14H,6,9-11H2,1H3,(H,18,23). The van der Waals surface area contributed by atoms with Crippen LogP contribution in [0.1, 0.15) is 16.8 Å². The number of nitrogens with zero attached hydrogens (tertiary/aromatic N) is 4. The van der Waals surface area contributed by atoms with Crippen molar-refractivity contribution in [2.45, 2.75) is 11.2 Å². The minimum absolute atomic E-state index is 0.0142. The van der Waals surface area contributed by atoms with Gasteiger partial charge in [-0.25, -0.2) is 13.1 Å². The molecule has 0 bridgehead atoms. The highest BCUT2D eigenvalue weighted by Crippen LogP contribution is 2.45. The van der Waals surface area contributed by atoms with Crippen LogP contribution in [0.4, 0.5) is 0 Å². The first-order valence-electron chi connectivity index (χ1n) is 8.58. The van der Waals surface area contributed by atoms with Crippen LogP contribution in [-0.4, -0.2) is 70.8 Å². The van der Waals surface area contributed by atoms with Gasteiger partial charge in [-0.1, -0.05) is 5.21 Å². The molecule has 142 valence electrons. The van der Waals surface area contributed by atoms with Crippen molar-refractivity contribution in [2.24, 2.45) is 5.92 Å². The van der Waals surface area contributed by atoms with E-state index in [1.54, 1.807) is 41.3 Å². The lowest BCUT2D eigenvalue weighted by molar-refractivity contribution is -0.126. The van der Waals surface area contributed by atoms with Crippen molar-refractivity contribution in [3.8, 4) is 5.69 Å². The second kappa shape index (κ2) is 6.15. The van der Waals surface area contributed by atoms with E-state index >= 15 is 0 Å². The van der Waals surface area contributed by atoms with Gasteiger partial charge in [-0.2, -0.15) is 0 Å². The lowest BCUT2D eigenvalue weighted by Gasteiger charge is -2.49. The fraction of sp³-hybridized carbons (Fsp3) is 0.412. The lowest BCUT2D eigenvalue weighted by atomic mass is 9.82. The number of hydrogen-bond donors (Lipinski definition) is 1. The second-order valence-electron chi connectivity index (χ2n) is 6.89. The zero-order valence-corrected chi connectivity index (χ0v) is 15.5. The highest BCUT2D eigenvalue weighted by molar-refractivity contribution is 7.93. The molecule has 2 aliphatic rings. The summed E-state index contributed by atoms with van der Waals surface area (Å²) in [7, 11) is -1.91. The zero-order chi connectivity index (χ0) is 19.2. The molecule has 9 nitrogen and oxygen atoms in total. The van der Waals surface area contributed by atoms with E-state index in [1.807, 2.05) is 0 Å². The molecule has 1 aromatic heterocycles. The molecule has 2 aromatic rings. The molecule has 27 heavy (non-hydrogen) atoms. The molecule has 2 amide bonds. The van der Waals surface area contributed by atoms with Crippen LogP contribution in [0.5, 0.6) is 0 Å². The van der Waals surface area contributed by atoms with E-state index in [0.717, 1.165) is 5.69 Å². The number of hydrogen-bond acceptors (Lipinski definition) is 6. The molecule has 0 aliphatic carbocycles. The van der Waals surface area contributed by atoms with Crippen LogP contribution < -0.4 is 5.32 Å². The molecular formula is C17H19N5O4S. The van der Waals surface area contributed by atoms with Crippen LogP contribution in [0.3, 0.4) is 0 Å². The molecule has 4 rings (SSSR count). The Hall–Kier alpha value is -2.75. The molecule has 10 heteroatoms. The average molecular weight is 389 g/mol. The summed E-state index contributed by atoms with van der Waals surface area (Å²) in [5, 5.41) is 10.2. The predicted octanol–water partition coefficient (Wildman–Crippen LogP) is -0.357. The van der Waals surface area contributed by atoms with Gasteiger partial charge >= 0.3 is 0 Å². The van der Waals surface area contributed by atoms with Crippen molar-refractivity contribution in [3.63, 3.8) is 0 Å². The van der Waals surface area contributed by atoms with Crippen LogP contribution in [0.2, 0.25) is 0 Å². The summed E-state index contributed by atoms with van der Waals surface area (Å²) in [6, 6.07) is 6.83. The third-order valence-corrected chi connectivity index (χ3v) is 8.05. The molecule has 1 N–H and O–H groups in total. The second-order valence-corrected chi connectivity index (χ2v) is 9.35. The Labute approximate surface area is 156 Å².